The van der Waals surface area contributed by atoms with Crippen LogP contribution in [-0.2, 0) is 54.6 Å². The minimum atomic E-state index is 0. The normalized spacial score (nSPS) is 0. The Morgan fingerprint density at radius 1 is 1.00 bits per heavy atom. The van der Waals surface area contributed by atoms with E-state index in [-0.39, 0.29) is 64.5 Å². The molecule has 0 unspecified atom stereocenters. The maximum Gasteiger partial charge on any atom is 0 e. The number of rotatable bonds is 0. The summed E-state index contributed by atoms with van der Waals surface area (Å²) in [5, 5.41) is 0. The van der Waals surface area contributed by atoms with Gasteiger partial charge in [0.2, 0.25) is 0 Å². The molecule has 32 valence electrons. The maximum atomic E-state index is 0. The molecule has 0 N–H and O–H groups in total. The molecule has 0 rings (SSSR count). The molecule has 4 heavy (non-hydrogen) atoms. The van der Waals surface area contributed by atoms with Gasteiger partial charge in [0.15, 0.2) is 0 Å². The first-order chi connectivity index (χ1) is 0. The summed E-state index contributed by atoms with van der Waals surface area (Å²) in [5.41, 5.74) is 0. The average molecular weight is 249 g/mol. The molecule has 0 bridgehead atoms. The molecule has 0 aromatic heterocycles. The van der Waals surface area contributed by atoms with E-state index in [0.717, 1.165) is 0 Å². The minimum Gasteiger partial charge on any atom is 0 e. The third kappa shape index (κ3) is 8.92. The van der Waals surface area contributed by atoms with Crippen LogP contribution in [0, 0.1) is 0 Å². The molecule has 0 spiro atoms. The fourth-order valence-corrected chi connectivity index (χ4v) is 0. The van der Waals surface area contributed by atoms with E-state index in [0.29, 0.717) is 0 Å². The molecular formula is CuMoNiP. The van der Waals surface area contributed by atoms with E-state index in [1.54, 1.807) is 0 Å². The van der Waals surface area contributed by atoms with Crippen LogP contribution in [0.4, 0.5) is 0 Å². The number of hydrogen-bond donors (Lipinski definition) is 0. The summed E-state index contributed by atoms with van der Waals surface area (Å²) < 4.78 is 0. The third-order valence-corrected chi connectivity index (χ3v) is 0. The van der Waals surface area contributed by atoms with Crippen LogP contribution in [0.1, 0.15) is 0 Å². The molecule has 0 aromatic rings. The monoisotopic (exact) mass is 250 g/mol. The Bertz CT molecular complexity index is 8.00. The summed E-state index contributed by atoms with van der Waals surface area (Å²) in [6.07, 6.45) is 0. The zero-order chi connectivity index (χ0) is 0. The summed E-state index contributed by atoms with van der Waals surface area (Å²) in [4.78, 5) is 0. The van der Waals surface area contributed by atoms with Crippen molar-refractivity contribution in [3.8, 4) is 0 Å². The molecule has 0 amide bonds. The quantitative estimate of drug-likeness (QED) is 0.441. The fourth-order valence-electron chi connectivity index (χ4n) is 0. The van der Waals surface area contributed by atoms with E-state index in [9.17, 15) is 0 Å². The van der Waals surface area contributed by atoms with Crippen molar-refractivity contribution in [3.05, 3.63) is 0 Å². The van der Waals surface area contributed by atoms with Gasteiger partial charge in [-0.2, -0.15) is 0 Å². The summed E-state index contributed by atoms with van der Waals surface area (Å²) in [7, 11) is 0. The van der Waals surface area contributed by atoms with Crippen molar-refractivity contribution >= 4 is 9.90 Å². The zero-order valence-electron chi connectivity index (χ0n) is 1.47. The Balaban J connectivity index is 0. The molecule has 0 aromatic carbocycles. The Hall–Kier alpha value is 2.13. The predicted molar refractivity (Wildman–Crippen MR) is 6.92 cm³/mol. The Morgan fingerprint density at radius 3 is 1.00 bits per heavy atom. The molecule has 0 saturated carbocycles. The summed E-state index contributed by atoms with van der Waals surface area (Å²) in [6.45, 7) is 0. The predicted octanol–water partition coefficient (Wildman–Crippen LogP) is 0.854. The van der Waals surface area contributed by atoms with Crippen LogP contribution >= 0.6 is 9.90 Å². The standard InChI is InChI=1S/Cu.Mo.Ni.P. The van der Waals surface area contributed by atoms with Crippen molar-refractivity contribution in [2.45, 2.75) is 0 Å². The van der Waals surface area contributed by atoms with Crippen LogP contribution in [0.5, 0.6) is 0 Å². The van der Waals surface area contributed by atoms with E-state index in [1.165, 1.54) is 0 Å². The van der Waals surface area contributed by atoms with Gasteiger partial charge in [0, 0.05) is 64.5 Å². The van der Waals surface area contributed by atoms with Crippen LogP contribution in [0.25, 0.3) is 0 Å². The first-order valence-electron chi connectivity index (χ1n) is 0. The zero-order valence-corrected chi connectivity index (χ0v) is 6.30. The van der Waals surface area contributed by atoms with E-state index in [2.05, 4.69) is 0 Å². The first-order valence-corrected chi connectivity index (χ1v) is 0. The molecule has 0 saturated heterocycles. The average Bonchev–Trinajstić information content (AvgIpc) is 0. The van der Waals surface area contributed by atoms with Gasteiger partial charge >= 0.3 is 0 Å². The topological polar surface area (TPSA) is 0 Å². The van der Waals surface area contributed by atoms with Crippen molar-refractivity contribution < 1.29 is 54.6 Å². The molecule has 0 nitrogen and oxygen atoms in total. The minimum absolute atomic E-state index is 0. The van der Waals surface area contributed by atoms with Crippen LogP contribution in [0.3, 0.4) is 0 Å². The van der Waals surface area contributed by atoms with Crippen LogP contribution in [0.2, 0.25) is 0 Å². The summed E-state index contributed by atoms with van der Waals surface area (Å²) in [5.74, 6) is 0. The first kappa shape index (κ1) is 35.5. The van der Waals surface area contributed by atoms with Crippen molar-refractivity contribution in [1.29, 1.82) is 0 Å². The second-order valence-electron chi connectivity index (χ2n) is 0. The molecule has 0 heterocycles. The van der Waals surface area contributed by atoms with Gasteiger partial charge in [0.05, 0.1) is 0 Å². The van der Waals surface area contributed by atoms with Crippen molar-refractivity contribution in [2.24, 2.45) is 0 Å². The molecule has 4 heteroatoms. The molecular weight excluding hydrogens is 249 g/mol. The van der Waals surface area contributed by atoms with Crippen LogP contribution in [0.15, 0.2) is 0 Å². The van der Waals surface area contributed by atoms with Gasteiger partial charge in [-0.3, -0.25) is 0 Å². The molecule has 0 aliphatic carbocycles. The molecule has 0 atom stereocenters. The Labute approximate surface area is 64.1 Å². The van der Waals surface area contributed by atoms with Crippen molar-refractivity contribution in [3.63, 3.8) is 0 Å². The van der Waals surface area contributed by atoms with Crippen molar-refractivity contribution in [1.82, 2.24) is 0 Å². The smallest absolute Gasteiger partial charge is 0 e. The second kappa shape index (κ2) is 19.3. The molecule has 0 aliphatic heterocycles. The van der Waals surface area contributed by atoms with Crippen LogP contribution in [-0.4, -0.2) is 0 Å². The van der Waals surface area contributed by atoms with Gasteiger partial charge < -0.3 is 0 Å². The SMILES string of the molecule is [Cu].[Mo].[Ni].[P]. The van der Waals surface area contributed by atoms with Gasteiger partial charge in [-0.1, -0.05) is 0 Å². The summed E-state index contributed by atoms with van der Waals surface area (Å²) >= 11 is 0. The molecule has 0 fully saturated rings. The molecule has 4 radical (unpaired) electrons. The molecule has 0 aliphatic rings. The van der Waals surface area contributed by atoms with Gasteiger partial charge in [-0.15, -0.1) is 0 Å². The van der Waals surface area contributed by atoms with Gasteiger partial charge in [0.25, 0.3) is 0 Å². The second-order valence-corrected chi connectivity index (χ2v) is 0. The maximum absolute atomic E-state index is 0. The van der Waals surface area contributed by atoms with Gasteiger partial charge in [0.1, 0.15) is 0 Å². The van der Waals surface area contributed by atoms with Crippen LogP contribution < -0.4 is 0 Å². The van der Waals surface area contributed by atoms with E-state index >= 15 is 0 Å². The Morgan fingerprint density at radius 2 is 1.00 bits per heavy atom. The largest absolute Gasteiger partial charge is 0 e. The summed E-state index contributed by atoms with van der Waals surface area (Å²) in [6, 6.07) is 0. The third-order valence-electron chi connectivity index (χ3n) is 0. The van der Waals surface area contributed by atoms with E-state index in [1.807, 2.05) is 0 Å². The Kier molecular flexibility index (Phi) is 171. The number of hydrogen-bond acceptors (Lipinski definition) is 0. The van der Waals surface area contributed by atoms with Gasteiger partial charge in [-0.25, -0.2) is 0 Å². The van der Waals surface area contributed by atoms with Gasteiger partial charge in [-0.05, 0) is 0 Å². The van der Waals surface area contributed by atoms with Crippen molar-refractivity contribution in [2.75, 3.05) is 0 Å². The fraction of sp³-hybridized carbons (Fsp3) is 0. The van der Waals surface area contributed by atoms with E-state index < -0.39 is 0 Å². The van der Waals surface area contributed by atoms with E-state index in [4.69, 9.17) is 0 Å².